The van der Waals surface area contributed by atoms with Crippen molar-refractivity contribution in [1.82, 2.24) is 10.2 Å². The first kappa shape index (κ1) is 17.9. The topological polar surface area (TPSA) is 79.6 Å². The molecule has 6 heteroatoms. The standard InChI is InChI=1S/C23H22N2O4/c26-21(24-13-17-7-4-10-29-17)18(11-14-5-2-1-3-6-14)25-22(27)19-15-8-9-16(12-15)20(19)23(25)28/h1-10,15-16,18-20H,11-13H2,(H,24,26)/t15-,16+,18-,19-,20+/m1/s1. The van der Waals surface area contributed by atoms with Gasteiger partial charge in [0.25, 0.3) is 0 Å². The molecule has 3 aliphatic rings. The molecule has 1 N–H and O–H groups in total. The molecular weight excluding hydrogens is 368 g/mol. The molecule has 148 valence electrons. The SMILES string of the molecule is O=C(NCc1ccco1)[C@@H](Cc1ccccc1)N1C(=O)[C@@H]2[C@H](C1=O)[C@@H]1C=C[C@H]2C1. The molecule has 3 amide bonds. The van der Waals surface area contributed by atoms with Crippen molar-refractivity contribution in [2.24, 2.45) is 23.7 Å². The molecule has 2 fully saturated rings. The predicted octanol–water partition coefficient (Wildman–Crippen LogP) is 2.31. The van der Waals surface area contributed by atoms with Gasteiger partial charge < -0.3 is 9.73 Å². The van der Waals surface area contributed by atoms with Crippen LogP contribution in [0.25, 0.3) is 0 Å². The number of nitrogens with zero attached hydrogens (tertiary/aromatic N) is 1. The van der Waals surface area contributed by atoms with Crippen LogP contribution < -0.4 is 5.32 Å². The summed E-state index contributed by atoms with van der Waals surface area (Å²) in [4.78, 5) is 40.8. The fraction of sp³-hybridized carbons (Fsp3) is 0.348. The molecule has 5 rings (SSSR count). The van der Waals surface area contributed by atoms with Gasteiger partial charge in [-0.05, 0) is 36.0 Å². The van der Waals surface area contributed by atoms with Gasteiger partial charge in [-0.3, -0.25) is 19.3 Å². The van der Waals surface area contributed by atoms with E-state index in [4.69, 9.17) is 4.42 Å². The number of furan rings is 1. The minimum Gasteiger partial charge on any atom is -0.467 e. The van der Waals surface area contributed by atoms with Crippen LogP contribution in [0.1, 0.15) is 17.7 Å². The predicted molar refractivity (Wildman–Crippen MR) is 104 cm³/mol. The molecule has 1 aromatic heterocycles. The van der Waals surface area contributed by atoms with Crippen molar-refractivity contribution in [3.05, 3.63) is 72.2 Å². The molecule has 1 saturated carbocycles. The van der Waals surface area contributed by atoms with Crippen LogP contribution in [0, 0.1) is 23.7 Å². The first-order valence-corrected chi connectivity index (χ1v) is 10.0. The third kappa shape index (κ3) is 2.99. The molecule has 0 unspecified atom stereocenters. The van der Waals surface area contributed by atoms with Crippen LogP contribution >= 0.6 is 0 Å². The lowest BCUT2D eigenvalue weighted by molar-refractivity contribution is -0.148. The first-order valence-electron chi connectivity index (χ1n) is 10.0. The highest BCUT2D eigenvalue weighted by atomic mass is 16.3. The van der Waals surface area contributed by atoms with E-state index in [1.54, 1.807) is 18.4 Å². The van der Waals surface area contributed by atoms with Crippen molar-refractivity contribution < 1.29 is 18.8 Å². The molecular formula is C23H22N2O4. The Hall–Kier alpha value is -3.15. The van der Waals surface area contributed by atoms with Crippen LogP contribution in [0.15, 0.2) is 65.3 Å². The third-order valence-corrected chi connectivity index (χ3v) is 6.41. The van der Waals surface area contributed by atoms with Crippen molar-refractivity contribution in [3.63, 3.8) is 0 Å². The molecule has 5 atom stereocenters. The van der Waals surface area contributed by atoms with Crippen molar-refractivity contribution in [1.29, 1.82) is 0 Å². The van der Waals surface area contributed by atoms with Crippen LogP contribution in [0.5, 0.6) is 0 Å². The van der Waals surface area contributed by atoms with E-state index in [0.717, 1.165) is 12.0 Å². The fourth-order valence-electron chi connectivity index (χ4n) is 5.08. The fourth-order valence-corrected chi connectivity index (χ4v) is 5.08. The molecule has 29 heavy (non-hydrogen) atoms. The lowest BCUT2D eigenvalue weighted by atomic mass is 9.85. The monoisotopic (exact) mass is 390 g/mol. The van der Waals surface area contributed by atoms with E-state index >= 15 is 0 Å². The van der Waals surface area contributed by atoms with Gasteiger partial charge in [0, 0.05) is 6.42 Å². The molecule has 6 nitrogen and oxygen atoms in total. The largest absolute Gasteiger partial charge is 0.467 e. The van der Waals surface area contributed by atoms with E-state index in [1.165, 1.54) is 4.90 Å². The summed E-state index contributed by atoms with van der Waals surface area (Å²) in [6.07, 6.45) is 6.83. The maximum absolute atomic E-state index is 13.2. The second kappa shape index (κ2) is 7.03. The smallest absolute Gasteiger partial charge is 0.244 e. The van der Waals surface area contributed by atoms with E-state index in [1.807, 2.05) is 30.3 Å². The van der Waals surface area contributed by atoms with Crippen LogP contribution in [-0.4, -0.2) is 28.7 Å². The van der Waals surface area contributed by atoms with Crippen LogP contribution in [0.3, 0.4) is 0 Å². The number of carbonyl (C=O) groups excluding carboxylic acids is 3. The zero-order chi connectivity index (χ0) is 20.0. The number of benzene rings is 1. The summed E-state index contributed by atoms with van der Waals surface area (Å²) in [7, 11) is 0. The number of imide groups is 1. The highest BCUT2D eigenvalue weighted by Crippen LogP contribution is 2.52. The number of rotatable bonds is 6. The van der Waals surface area contributed by atoms with Gasteiger partial charge in [0.1, 0.15) is 11.8 Å². The highest BCUT2D eigenvalue weighted by molar-refractivity contribution is 6.09. The Morgan fingerprint density at radius 1 is 1.03 bits per heavy atom. The Morgan fingerprint density at radius 2 is 1.72 bits per heavy atom. The molecule has 0 spiro atoms. The van der Waals surface area contributed by atoms with Gasteiger partial charge in [0.05, 0.1) is 24.6 Å². The number of fused-ring (bicyclic) bond motifs is 5. The molecule has 2 heterocycles. The van der Waals surface area contributed by atoms with Gasteiger partial charge in [-0.25, -0.2) is 0 Å². The highest BCUT2D eigenvalue weighted by Gasteiger charge is 2.61. The Bertz CT molecular complexity index is 936. The maximum Gasteiger partial charge on any atom is 0.244 e. The molecule has 2 bridgehead atoms. The van der Waals surface area contributed by atoms with Gasteiger partial charge in [0.15, 0.2) is 0 Å². The third-order valence-electron chi connectivity index (χ3n) is 6.41. The van der Waals surface area contributed by atoms with E-state index < -0.39 is 6.04 Å². The minimum absolute atomic E-state index is 0.120. The number of nitrogens with one attached hydrogen (secondary N) is 1. The van der Waals surface area contributed by atoms with Crippen molar-refractivity contribution in [2.45, 2.75) is 25.4 Å². The number of amides is 3. The zero-order valence-electron chi connectivity index (χ0n) is 15.9. The van der Waals surface area contributed by atoms with Crippen molar-refractivity contribution in [2.75, 3.05) is 0 Å². The van der Waals surface area contributed by atoms with E-state index in [2.05, 4.69) is 17.5 Å². The van der Waals surface area contributed by atoms with E-state index in [9.17, 15) is 14.4 Å². The van der Waals surface area contributed by atoms with E-state index in [-0.39, 0.29) is 47.9 Å². The molecule has 1 saturated heterocycles. The normalized spacial score (nSPS) is 28.1. The lowest BCUT2D eigenvalue weighted by Crippen LogP contribution is -2.51. The summed E-state index contributed by atoms with van der Waals surface area (Å²) in [5.74, 6) is -0.508. The number of allylic oxidation sites excluding steroid dienone is 2. The summed E-state index contributed by atoms with van der Waals surface area (Å²) in [6.45, 7) is 0.215. The van der Waals surface area contributed by atoms with Crippen LogP contribution in [0.2, 0.25) is 0 Å². The Morgan fingerprint density at radius 3 is 2.34 bits per heavy atom. The van der Waals surface area contributed by atoms with Gasteiger partial charge in [-0.2, -0.15) is 0 Å². The van der Waals surface area contributed by atoms with Crippen molar-refractivity contribution in [3.8, 4) is 0 Å². The summed E-state index contributed by atoms with van der Waals surface area (Å²) >= 11 is 0. The average Bonchev–Trinajstić information content (AvgIpc) is 3.51. The number of carbonyl (C=O) groups is 3. The second-order valence-electron chi connectivity index (χ2n) is 8.05. The van der Waals surface area contributed by atoms with Crippen LogP contribution in [-0.2, 0) is 27.3 Å². The van der Waals surface area contributed by atoms with Gasteiger partial charge in [-0.1, -0.05) is 42.5 Å². The van der Waals surface area contributed by atoms with Gasteiger partial charge in [0.2, 0.25) is 17.7 Å². The molecule has 1 aromatic carbocycles. The molecule has 0 radical (unpaired) electrons. The molecule has 2 aliphatic carbocycles. The summed E-state index contributed by atoms with van der Waals surface area (Å²) < 4.78 is 5.28. The summed E-state index contributed by atoms with van der Waals surface area (Å²) in [5.41, 5.74) is 0.907. The Balaban J connectivity index is 1.41. The number of hydrogen-bond acceptors (Lipinski definition) is 4. The van der Waals surface area contributed by atoms with Gasteiger partial charge in [-0.15, -0.1) is 0 Å². The summed E-state index contributed by atoms with van der Waals surface area (Å²) in [5, 5.41) is 2.83. The van der Waals surface area contributed by atoms with Crippen LogP contribution in [0.4, 0.5) is 0 Å². The summed E-state index contributed by atoms with van der Waals surface area (Å²) in [6, 6.07) is 12.1. The molecule has 1 aliphatic heterocycles. The quantitative estimate of drug-likeness (QED) is 0.606. The van der Waals surface area contributed by atoms with E-state index in [0.29, 0.717) is 12.2 Å². The lowest BCUT2D eigenvalue weighted by Gasteiger charge is -2.27. The molecule has 2 aromatic rings. The van der Waals surface area contributed by atoms with Crippen molar-refractivity contribution >= 4 is 17.7 Å². The Kier molecular flexibility index (Phi) is 4.34. The second-order valence-corrected chi connectivity index (χ2v) is 8.05. The maximum atomic E-state index is 13.2. The van der Waals surface area contributed by atoms with Gasteiger partial charge >= 0.3 is 0 Å². The zero-order valence-corrected chi connectivity index (χ0v) is 15.9. The average molecular weight is 390 g/mol. The minimum atomic E-state index is -0.864. The first-order chi connectivity index (χ1) is 14.1. The Labute approximate surface area is 168 Å². The number of likely N-dealkylation sites (tertiary alicyclic amines) is 1. The number of hydrogen-bond donors (Lipinski definition) is 1.